The van der Waals surface area contributed by atoms with Crippen molar-refractivity contribution in [1.82, 2.24) is 4.90 Å². The second kappa shape index (κ2) is 6.37. The Morgan fingerprint density at radius 3 is 2.70 bits per heavy atom. The number of ether oxygens (including phenoxy) is 1. The van der Waals surface area contributed by atoms with E-state index < -0.39 is 11.3 Å². The number of Topliss-reactive ketones (excluding diaryl/α,β-unsaturated/α-hetero) is 1. The van der Waals surface area contributed by atoms with Crippen LogP contribution in [0.4, 0.5) is 0 Å². The van der Waals surface area contributed by atoms with Gasteiger partial charge in [0.25, 0.3) is 0 Å². The normalized spacial score (nSPS) is 23.2. The molecular weight excluding hydrogens is 338 g/mol. The zero-order chi connectivity index (χ0) is 16.6. The molecule has 5 nitrogen and oxygen atoms in total. The largest absolute Gasteiger partial charge is 0.461 e. The summed E-state index contributed by atoms with van der Waals surface area (Å²) in [4.78, 5) is 37.5. The SMILES string of the molecule is CC(=O)OCC1=C(C(=O)c2ccccc2)N2C(=O)[C@H](Cl)[C@@H]2SC1. The number of β-lactam (4-membered cyclic amide) rings is 1. The van der Waals surface area contributed by atoms with Gasteiger partial charge in [-0.15, -0.1) is 23.4 Å². The Hall–Kier alpha value is -1.79. The Kier molecular flexibility index (Phi) is 4.46. The van der Waals surface area contributed by atoms with Crippen LogP contribution in [0.2, 0.25) is 0 Å². The molecule has 2 heterocycles. The summed E-state index contributed by atoms with van der Waals surface area (Å²) in [5, 5.41) is -0.859. The van der Waals surface area contributed by atoms with Crippen molar-refractivity contribution in [2.24, 2.45) is 0 Å². The molecule has 1 aromatic rings. The third-order valence-corrected chi connectivity index (χ3v) is 5.60. The molecule has 7 heteroatoms. The molecule has 2 aliphatic heterocycles. The van der Waals surface area contributed by atoms with E-state index in [0.29, 0.717) is 22.6 Å². The maximum atomic E-state index is 12.9. The van der Waals surface area contributed by atoms with Crippen LogP contribution in [0, 0.1) is 0 Å². The first kappa shape index (κ1) is 16.1. The number of nitrogens with zero attached hydrogens (tertiary/aromatic N) is 1. The van der Waals surface area contributed by atoms with E-state index in [9.17, 15) is 14.4 Å². The van der Waals surface area contributed by atoms with Gasteiger partial charge in [-0.25, -0.2) is 0 Å². The predicted octanol–water partition coefficient (Wildman–Crippen LogP) is 2.21. The second-order valence-electron chi connectivity index (χ2n) is 5.24. The molecule has 0 N–H and O–H groups in total. The van der Waals surface area contributed by atoms with Crippen molar-refractivity contribution < 1.29 is 19.1 Å². The highest BCUT2D eigenvalue weighted by Crippen LogP contribution is 2.43. The number of rotatable bonds is 4. The van der Waals surface area contributed by atoms with Crippen molar-refractivity contribution >= 4 is 41.0 Å². The number of esters is 1. The van der Waals surface area contributed by atoms with Gasteiger partial charge < -0.3 is 4.74 Å². The number of amides is 1. The minimum absolute atomic E-state index is 0.000305. The van der Waals surface area contributed by atoms with Crippen LogP contribution >= 0.6 is 23.4 Å². The Bertz CT molecular complexity index is 703. The third kappa shape index (κ3) is 2.88. The molecule has 0 unspecified atom stereocenters. The molecule has 0 saturated carbocycles. The molecular formula is C16H14ClNO4S. The summed E-state index contributed by atoms with van der Waals surface area (Å²) in [6, 6.07) is 8.72. The maximum Gasteiger partial charge on any atom is 0.302 e. The van der Waals surface area contributed by atoms with E-state index >= 15 is 0 Å². The highest BCUT2D eigenvalue weighted by molar-refractivity contribution is 8.00. The summed E-state index contributed by atoms with van der Waals surface area (Å²) in [6.07, 6.45) is 0. The van der Waals surface area contributed by atoms with Gasteiger partial charge in [0, 0.05) is 23.8 Å². The molecule has 0 bridgehead atoms. The van der Waals surface area contributed by atoms with Gasteiger partial charge in [-0.05, 0) is 0 Å². The monoisotopic (exact) mass is 351 g/mol. The number of ketones is 1. The molecule has 0 radical (unpaired) electrons. The van der Waals surface area contributed by atoms with Crippen LogP contribution in [-0.2, 0) is 14.3 Å². The van der Waals surface area contributed by atoms with Crippen LogP contribution in [0.5, 0.6) is 0 Å². The van der Waals surface area contributed by atoms with Gasteiger partial charge in [-0.3, -0.25) is 19.3 Å². The van der Waals surface area contributed by atoms with E-state index in [1.54, 1.807) is 24.3 Å². The number of hydrogen-bond acceptors (Lipinski definition) is 5. The smallest absolute Gasteiger partial charge is 0.302 e. The number of thioether (sulfide) groups is 1. The number of alkyl halides is 1. The number of carbonyl (C=O) groups excluding carboxylic acids is 3. The first-order valence-electron chi connectivity index (χ1n) is 7.04. The summed E-state index contributed by atoms with van der Waals surface area (Å²) in [5.74, 6) is -0.474. The van der Waals surface area contributed by atoms with Crippen LogP contribution in [0.3, 0.4) is 0 Å². The quantitative estimate of drug-likeness (QED) is 0.360. The lowest BCUT2D eigenvalue weighted by Crippen LogP contribution is -2.62. The van der Waals surface area contributed by atoms with Gasteiger partial charge >= 0.3 is 5.97 Å². The van der Waals surface area contributed by atoms with Crippen molar-refractivity contribution in [2.75, 3.05) is 12.4 Å². The van der Waals surface area contributed by atoms with Crippen molar-refractivity contribution in [2.45, 2.75) is 17.7 Å². The maximum absolute atomic E-state index is 12.9. The lowest BCUT2D eigenvalue weighted by molar-refractivity contribution is -0.140. The van der Waals surface area contributed by atoms with Crippen LogP contribution in [-0.4, -0.2) is 45.7 Å². The van der Waals surface area contributed by atoms with E-state index in [0.717, 1.165) is 0 Å². The van der Waals surface area contributed by atoms with Gasteiger partial charge in [0.2, 0.25) is 11.7 Å². The lowest BCUT2D eigenvalue weighted by Gasteiger charge is -2.47. The minimum atomic E-state index is -0.617. The Balaban J connectivity index is 1.98. The topological polar surface area (TPSA) is 63.7 Å². The third-order valence-electron chi connectivity index (χ3n) is 3.68. The number of hydrogen-bond donors (Lipinski definition) is 0. The number of allylic oxidation sites excluding steroid dienone is 1. The first-order valence-corrected chi connectivity index (χ1v) is 8.53. The van der Waals surface area contributed by atoms with E-state index in [1.165, 1.54) is 23.6 Å². The molecule has 1 saturated heterocycles. The molecule has 120 valence electrons. The fourth-order valence-electron chi connectivity index (χ4n) is 2.55. The molecule has 0 spiro atoms. The fraction of sp³-hybridized carbons (Fsp3) is 0.312. The van der Waals surface area contributed by atoms with Crippen LogP contribution in [0.1, 0.15) is 17.3 Å². The van der Waals surface area contributed by atoms with Crippen molar-refractivity contribution in [3.63, 3.8) is 0 Å². The molecule has 1 aromatic carbocycles. The van der Waals surface area contributed by atoms with Gasteiger partial charge in [0.05, 0.1) is 5.70 Å². The summed E-state index contributed by atoms with van der Waals surface area (Å²) >= 11 is 7.51. The van der Waals surface area contributed by atoms with E-state index in [2.05, 4.69) is 0 Å². The molecule has 1 amide bonds. The molecule has 23 heavy (non-hydrogen) atoms. The van der Waals surface area contributed by atoms with Gasteiger partial charge in [0.15, 0.2) is 0 Å². The number of benzene rings is 1. The van der Waals surface area contributed by atoms with Crippen LogP contribution < -0.4 is 0 Å². The number of carbonyl (C=O) groups is 3. The predicted molar refractivity (Wildman–Crippen MR) is 87.2 cm³/mol. The van der Waals surface area contributed by atoms with Gasteiger partial charge in [-0.1, -0.05) is 30.3 Å². The first-order chi connectivity index (χ1) is 11.0. The average Bonchev–Trinajstić information content (AvgIpc) is 2.58. The summed E-state index contributed by atoms with van der Waals surface area (Å²) < 4.78 is 5.03. The highest BCUT2D eigenvalue weighted by atomic mass is 35.5. The average molecular weight is 352 g/mol. The van der Waals surface area contributed by atoms with E-state index in [1.807, 2.05) is 6.07 Å². The highest BCUT2D eigenvalue weighted by Gasteiger charge is 2.52. The zero-order valence-electron chi connectivity index (χ0n) is 12.3. The van der Waals surface area contributed by atoms with Gasteiger partial charge in [-0.2, -0.15) is 0 Å². The zero-order valence-corrected chi connectivity index (χ0v) is 13.9. The second-order valence-corrected chi connectivity index (χ2v) is 6.81. The van der Waals surface area contributed by atoms with Crippen LogP contribution in [0.15, 0.2) is 41.6 Å². The van der Waals surface area contributed by atoms with Crippen molar-refractivity contribution in [1.29, 1.82) is 0 Å². The van der Waals surface area contributed by atoms with Crippen molar-refractivity contribution in [3.8, 4) is 0 Å². The molecule has 2 atom stereocenters. The van der Waals surface area contributed by atoms with Crippen LogP contribution in [0.25, 0.3) is 0 Å². The summed E-state index contributed by atoms with van der Waals surface area (Å²) in [6.45, 7) is 1.31. The van der Waals surface area contributed by atoms with E-state index in [4.69, 9.17) is 16.3 Å². The number of halogens is 1. The minimum Gasteiger partial charge on any atom is -0.461 e. The fourth-order valence-corrected chi connectivity index (χ4v) is 4.22. The molecule has 0 aliphatic carbocycles. The van der Waals surface area contributed by atoms with E-state index in [-0.39, 0.29) is 23.7 Å². The lowest BCUT2D eigenvalue weighted by atomic mass is 10.00. The Morgan fingerprint density at radius 2 is 2.04 bits per heavy atom. The van der Waals surface area contributed by atoms with Crippen molar-refractivity contribution in [3.05, 3.63) is 47.2 Å². The summed E-state index contributed by atoms with van der Waals surface area (Å²) in [5.41, 5.74) is 1.41. The molecule has 3 rings (SSSR count). The Morgan fingerprint density at radius 1 is 1.35 bits per heavy atom. The standard InChI is InChI=1S/C16H14ClNO4S/c1-9(19)22-7-11-8-23-16-12(17)15(21)18(16)13(11)14(20)10-5-3-2-4-6-10/h2-6,12,16H,7-8H2,1H3/t12-,16-/m0/s1. The molecule has 0 aromatic heterocycles. The Labute approximate surface area is 142 Å². The van der Waals surface area contributed by atoms with Gasteiger partial charge in [0.1, 0.15) is 17.4 Å². The molecule has 2 aliphatic rings. The summed E-state index contributed by atoms with van der Waals surface area (Å²) in [7, 11) is 0. The molecule has 1 fully saturated rings. The number of fused-ring (bicyclic) bond motifs is 1.